The van der Waals surface area contributed by atoms with Crippen LogP contribution in [0, 0.1) is 3.57 Å². The molecule has 1 heterocycles. The molecule has 0 saturated heterocycles. The highest BCUT2D eigenvalue weighted by Crippen LogP contribution is 2.38. The molecule has 1 nitrogen and oxygen atoms in total. The van der Waals surface area contributed by atoms with Crippen LogP contribution in [0.1, 0.15) is 0 Å². The smallest absolute Gasteiger partial charge is 0.0850 e. The van der Waals surface area contributed by atoms with E-state index in [0.29, 0.717) is 15.1 Å². The summed E-state index contributed by atoms with van der Waals surface area (Å²) in [6.45, 7) is 0. The fourth-order valence-electron chi connectivity index (χ4n) is 1.29. The Bertz CT molecular complexity index is 543. The Balaban J connectivity index is 2.66. The number of benzene rings is 1. The summed E-state index contributed by atoms with van der Waals surface area (Å²) in [6.07, 6.45) is 1.72. The van der Waals surface area contributed by atoms with Crippen molar-refractivity contribution in [3.63, 3.8) is 0 Å². The zero-order chi connectivity index (χ0) is 11.7. The molecule has 0 amide bonds. The van der Waals surface area contributed by atoms with Gasteiger partial charge in [0.25, 0.3) is 0 Å². The zero-order valence-electron chi connectivity index (χ0n) is 7.85. The van der Waals surface area contributed by atoms with Crippen molar-refractivity contribution in [2.75, 3.05) is 0 Å². The van der Waals surface area contributed by atoms with Gasteiger partial charge in [-0.1, -0.05) is 34.8 Å². The molecular formula is C11H5Cl3IN. The molecule has 2 rings (SSSR count). The molecule has 0 fully saturated rings. The molecule has 5 heteroatoms. The topological polar surface area (TPSA) is 12.9 Å². The van der Waals surface area contributed by atoms with E-state index in [1.165, 1.54) is 0 Å². The minimum Gasteiger partial charge on any atom is -0.255 e. The lowest BCUT2D eigenvalue weighted by molar-refractivity contribution is 1.31. The third-order valence-corrected chi connectivity index (χ3v) is 4.21. The van der Waals surface area contributed by atoms with Crippen LogP contribution in [-0.2, 0) is 0 Å². The second kappa shape index (κ2) is 5.08. The van der Waals surface area contributed by atoms with Crippen molar-refractivity contribution in [1.29, 1.82) is 0 Å². The molecular weight excluding hydrogens is 379 g/mol. The highest BCUT2D eigenvalue weighted by Gasteiger charge is 2.13. The number of nitrogens with zero attached hydrogens (tertiary/aromatic N) is 1. The van der Waals surface area contributed by atoms with E-state index in [2.05, 4.69) is 27.6 Å². The van der Waals surface area contributed by atoms with E-state index in [-0.39, 0.29) is 0 Å². The predicted octanol–water partition coefficient (Wildman–Crippen LogP) is 5.31. The Labute approximate surface area is 122 Å². The average molecular weight is 384 g/mol. The molecule has 0 N–H and O–H groups in total. The molecule has 2 aromatic rings. The first-order valence-corrected chi connectivity index (χ1v) is 6.57. The van der Waals surface area contributed by atoms with Crippen LogP contribution < -0.4 is 0 Å². The van der Waals surface area contributed by atoms with E-state index >= 15 is 0 Å². The van der Waals surface area contributed by atoms with Crippen LogP contribution in [0.15, 0.2) is 30.5 Å². The van der Waals surface area contributed by atoms with Crippen LogP contribution in [0.5, 0.6) is 0 Å². The van der Waals surface area contributed by atoms with Crippen molar-refractivity contribution in [3.8, 4) is 11.3 Å². The van der Waals surface area contributed by atoms with Gasteiger partial charge in [0.05, 0.1) is 20.8 Å². The number of hydrogen-bond acceptors (Lipinski definition) is 1. The van der Waals surface area contributed by atoms with Gasteiger partial charge in [-0.05, 0) is 46.9 Å². The predicted molar refractivity (Wildman–Crippen MR) is 77.4 cm³/mol. The van der Waals surface area contributed by atoms with Crippen molar-refractivity contribution in [3.05, 3.63) is 49.1 Å². The standard InChI is InChI=1S/C11H5Cl3IN/c12-7-4-3-6(9(13)10(7)14)11-8(15)2-1-5-16-11/h1-5H. The maximum absolute atomic E-state index is 6.15. The van der Waals surface area contributed by atoms with Crippen molar-refractivity contribution in [2.45, 2.75) is 0 Å². The number of aromatic nitrogens is 1. The molecule has 0 aliphatic carbocycles. The highest BCUT2D eigenvalue weighted by atomic mass is 127. The molecule has 0 bridgehead atoms. The van der Waals surface area contributed by atoms with E-state index < -0.39 is 0 Å². The van der Waals surface area contributed by atoms with E-state index in [1.54, 1.807) is 12.3 Å². The van der Waals surface area contributed by atoms with E-state index in [9.17, 15) is 0 Å². The molecule has 0 unspecified atom stereocenters. The summed E-state index contributed by atoms with van der Waals surface area (Å²) < 4.78 is 1.01. The second-order valence-corrected chi connectivity index (χ2v) is 5.38. The third kappa shape index (κ3) is 2.30. The van der Waals surface area contributed by atoms with Crippen molar-refractivity contribution in [2.24, 2.45) is 0 Å². The lowest BCUT2D eigenvalue weighted by Gasteiger charge is -2.08. The fraction of sp³-hybridized carbons (Fsp3) is 0. The number of halogens is 4. The van der Waals surface area contributed by atoms with Crippen LogP contribution >= 0.6 is 57.4 Å². The quantitative estimate of drug-likeness (QED) is 0.479. The second-order valence-electron chi connectivity index (χ2n) is 3.06. The lowest BCUT2D eigenvalue weighted by Crippen LogP contribution is -1.88. The SMILES string of the molecule is Clc1ccc(-c2ncccc2I)c(Cl)c1Cl. The molecule has 0 aliphatic rings. The molecule has 1 aromatic carbocycles. The Morgan fingerprint density at radius 1 is 1.00 bits per heavy atom. The molecule has 0 radical (unpaired) electrons. The Hall–Kier alpha value is -0.0300. The average Bonchev–Trinajstić information content (AvgIpc) is 2.28. The maximum atomic E-state index is 6.15. The minimum absolute atomic E-state index is 0.363. The van der Waals surface area contributed by atoms with Gasteiger partial charge < -0.3 is 0 Å². The molecule has 0 saturated carbocycles. The fourth-order valence-corrected chi connectivity index (χ4v) is 2.56. The third-order valence-electron chi connectivity index (χ3n) is 2.05. The lowest BCUT2D eigenvalue weighted by atomic mass is 10.1. The molecule has 82 valence electrons. The molecule has 0 atom stereocenters. The first-order chi connectivity index (χ1) is 7.61. The number of rotatable bonds is 1. The van der Waals surface area contributed by atoms with Gasteiger partial charge >= 0.3 is 0 Å². The van der Waals surface area contributed by atoms with Gasteiger partial charge in [0.15, 0.2) is 0 Å². The first kappa shape index (κ1) is 12.4. The van der Waals surface area contributed by atoms with Crippen LogP contribution in [0.4, 0.5) is 0 Å². The van der Waals surface area contributed by atoms with Gasteiger partial charge in [0, 0.05) is 15.3 Å². The zero-order valence-corrected chi connectivity index (χ0v) is 12.3. The Morgan fingerprint density at radius 2 is 1.75 bits per heavy atom. The number of pyridine rings is 1. The van der Waals surface area contributed by atoms with E-state index in [4.69, 9.17) is 34.8 Å². The maximum Gasteiger partial charge on any atom is 0.0850 e. The van der Waals surface area contributed by atoms with Crippen LogP contribution in [0.25, 0.3) is 11.3 Å². The molecule has 0 aliphatic heterocycles. The first-order valence-electron chi connectivity index (χ1n) is 4.35. The summed E-state index contributed by atoms with van der Waals surface area (Å²) in [5.74, 6) is 0. The van der Waals surface area contributed by atoms with Gasteiger partial charge in [-0.2, -0.15) is 0 Å². The molecule has 1 aromatic heterocycles. The molecule has 16 heavy (non-hydrogen) atoms. The summed E-state index contributed by atoms with van der Waals surface area (Å²) in [5.41, 5.74) is 1.60. The van der Waals surface area contributed by atoms with Crippen molar-refractivity contribution < 1.29 is 0 Å². The summed E-state index contributed by atoms with van der Waals surface area (Å²) in [6, 6.07) is 7.37. The van der Waals surface area contributed by atoms with Crippen molar-refractivity contribution >= 4 is 57.4 Å². The normalized spacial score (nSPS) is 10.5. The van der Waals surface area contributed by atoms with E-state index in [0.717, 1.165) is 14.8 Å². The van der Waals surface area contributed by atoms with Gasteiger partial charge in [-0.15, -0.1) is 0 Å². The minimum atomic E-state index is 0.363. The van der Waals surface area contributed by atoms with Gasteiger partial charge in [0.1, 0.15) is 0 Å². The van der Waals surface area contributed by atoms with Crippen LogP contribution in [0.2, 0.25) is 15.1 Å². The van der Waals surface area contributed by atoms with Crippen molar-refractivity contribution in [1.82, 2.24) is 4.98 Å². The van der Waals surface area contributed by atoms with Gasteiger partial charge in [0.2, 0.25) is 0 Å². The highest BCUT2D eigenvalue weighted by molar-refractivity contribution is 14.1. The largest absolute Gasteiger partial charge is 0.255 e. The van der Waals surface area contributed by atoms with E-state index in [1.807, 2.05) is 18.2 Å². The van der Waals surface area contributed by atoms with Crippen LogP contribution in [-0.4, -0.2) is 4.98 Å². The summed E-state index contributed by atoms with van der Waals surface area (Å²) in [5, 5.41) is 1.24. The Kier molecular flexibility index (Phi) is 3.95. The van der Waals surface area contributed by atoms with Gasteiger partial charge in [-0.3, -0.25) is 4.98 Å². The monoisotopic (exact) mass is 383 g/mol. The summed E-state index contributed by atoms with van der Waals surface area (Å²) in [4.78, 5) is 4.29. The Morgan fingerprint density at radius 3 is 2.44 bits per heavy atom. The van der Waals surface area contributed by atoms with Gasteiger partial charge in [-0.25, -0.2) is 0 Å². The van der Waals surface area contributed by atoms with Crippen LogP contribution in [0.3, 0.4) is 0 Å². The molecule has 0 spiro atoms. The summed E-state index contributed by atoms with van der Waals surface area (Å²) >= 11 is 20.2. The number of hydrogen-bond donors (Lipinski definition) is 0. The summed E-state index contributed by atoms with van der Waals surface area (Å²) in [7, 11) is 0.